The van der Waals surface area contributed by atoms with Gasteiger partial charge < -0.3 is 19.3 Å². The number of ether oxygens (including phenoxy) is 2. The Morgan fingerprint density at radius 3 is 2.20 bits per heavy atom. The topological polar surface area (TPSA) is 76.2 Å². The van der Waals surface area contributed by atoms with Gasteiger partial charge >= 0.3 is 11.9 Å². The van der Waals surface area contributed by atoms with E-state index >= 15 is 0 Å². The van der Waals surface area contributed by atoms with Gasteiger partial charge in [0.25, 0.3) is 5.91 Å². The Morgan fingerprint density at radius 1 is 1.16 bits per heavy atom. The molecule has 7 nitrogen and oxygen atoms in total. The molecule has 0 saturated carbocycles. The largest absolute Gasteiger partial charge is 0.462 e. The van der Waals surface area contributed by atoms with Crippen molar-refractivity contribution in [2.45, 2.75) is 39.7 Å². The highest BCUT2D eigenvalue weighted by Gasteiger charge is 2.54. The van der Waals surface area contributed by atoms with E-state index in [1.165, 1.54) is 0 Å². The van der Waals surface area contributed by atoms with E-state index in [2.05, 4.69) is 0 Å². The molecule has 0 fully saturated rings. The molecule has 1 heterocycles. The van der Waals surface area contributed by atoms with Crippen molar-refractivity contribution in [2.75, 3.05) is 33.8 Å². The summed E-state index contributed by atoms with van der Waals surface area (Å²) in [6, 6.07) is 0. The molecule has 0 aliphatic carbocycles. The van der Waals surface area contributed by atoms with Gasteiger partial charge in [0, 0.05) is 32.8 Å². The SMILES string of the molecule is CCOC(=O)C1=C(/C=C/N(C)C)C(CC)(C(=O)N(CC)CC)OC1=O. The summed E-state index contributed by atoms with van der Waals surface area (Å²) in [4.78, 5) is 41.2. The van der Waals surface area contributed by atoms with Crippen molar-refractivity contribution in [3.8, 4) is 0 Å². The molecule has 1 amide bonds. The highest BCUT2D eigenvalue weighted by molar-refractivity contribution is 6.19. The minimum Gasteiger partial charge on any atom is -0.462 e. The molecule has 1 rings (SSSR count). The van der Waals surface area contributed by atoms with Crippen molar-refractivity contribution in [1.82, 2.24) is 9.80 Å². The van der Waals surface area contributed by atoms with Crippen molar-refractivity contribution in [2.24, 2.45) is 0 Å². The van der Waals surface area contributed by atoms with E-state index in [1.54, 1.807) is 50.0 Å². The summed E-state index contributed by atoms with van der Waals surface area (Å²) in [5.41, 5.74) is -1.45. The van der Waals surface area contributed by atoms with Gasteiger partial charge in [0.2, 0.25) is 5.60 Å². The Morgan fingerprint density at radius 2 is 1.76 bits per heavy atom. The van der Waals surface area contributed by atoms with Crippen LogP contribution in [0.5, 0.6) is 0 Å². The Hall–Kier alpha value is -2.31. The molecular formula is C18H28N2O5. The molecule has 1 aliphatic heterocycles. The molecule has 1 atom stereocenters. The summed E-state index contributed by atoms with van der Waals surface area (Å²) in [6.45, 7) is 8.21. The molecule has 0 aromatic carbocycles. The Kier molecular flexibility index (Phi) is 7.21. The second kappa shape index (κ2) is 8.69. The van der Waals surface area contributed by atoms with Gasteiger partial charge in [-0.2, -0.15) is 0 Å². The monoisotopic (exact) mass is 352 g/mol. The molecule has 0 spiro atoms. The molecule has 1 aliphatic rings. The maximum Gasteiger partial charge on any atom is 0.347 e. The maximum atomic E-state index is 13.1. The van der Waals surface area contributed by atoms with Gasteiger partial charge in [0.1, 0.15) is 0 Å². The first kappa shape index (κ1) is 20.7. The minimum absolute atomic E-state index is 0.128. The van der Waals surface area contributed by atoms with Gasteiger partial charge in [-0.25, -0.2) is 9.59 Å². The fourth-order valence-electron chi connectivity index (χ4n) is 2.75. The molecule has 0 aromatic rings. The first-order valence-electron chi connectivity index (χ1n) is 8.58. The van der Waals surface area contributed by atoms with Gasteiger partial charge in [-0.3, -0.25) is 4.79 Å². The van der Waals surface area contributed by atoms with Gasteiger partial charge in [-0.1, -0.05) is 6.92 Å². The molecule has 0 N–H and O–H groups in total. The van der Waals surface area contributed by atoms with E-state index in [9.17, 15) is 14.4 Å². The highest BCUT2D eigenvalue weighted by atomic mass is 16.6. The number of hydrogen-bond acceptors (Lipinski definition) is 6. The summed E-state index contributed by atoms with van der Waals surface area (Å²) in [7, 11) is 3.61. The summed E-state index contributed by atoms with van der Waals surface area (Å²) in [6.07, 6.45) is 3.49. The summed E-state index contributed by atoms with van der Waals surface area (Å²) in [5.74, 6) is -1.92. The van der Waals surface area contributed by atoms with Crippen LogP contribution in [0.15, 0.2) is 23.4 Å². The molecule has 25 heavy (non-hydrogen) atoms. The van der Waals surface area contributed by atoms with Crippen LogP contribution in [-0.4, -0.2) is 67.0 Å². The predicted molar refractivity (Wildman–Crippen MR) is 93.5 cm³/mol. The van der Waals surface area contributed by atoms with Crippen LogP contribution < -0.4 is 0 Å². The van der Waals surface area contributed by atoms with Gasteiger partial charge in [-0.05, 0) is 39.5 Å². The van der Waals surface area contributed by atoms with Crippen LogP contribution in [0.2, 0.25) is 0 Å². The number of esters is 2. The second-order valence-electron chi connectivity index (χ2n) is 5.84. The number of amides is 1. The van der Waals surface area contributed by atoms with Crippen LogP contribution >= 0.6 is 0 Å². The number of carbonyl (C=O) groups excluding carboxylic acids is 3. The standard InChI is InChI=1S/C18H28N2O5/c1-7-18(17(23)20(8-2)9-3)13(11-12-19(5)6)14(16(22)25-18)15(21)24-10-4/h11-12H,7-10H2,1-6H3/b12-11+. The third kappa shape index (κ3) is 4.03. The molecule has 0 radical (unpaired) electrons. The van der Waals surface area contributed by atoms with Crippen molar-refractivity contribution in [3.05, 3.63) is 23.4 Å². The molecule has 140 valence electrons. The molecule has 0 saturated heterocycles. The highest BCUT2D eigenvalue weighted by Crippen LogP contribution is 2.39. The van der Waals surface area contributed by atoms with Crippen molar-refractivity contribution in [1.29, 1.82) is 0 Å². The van der Waals surface area contributed by atoms with Crippen LogP contribution in [0, 0.1) is 0 Å². The lowest BCUT2D eigenvalue weighted by Crippen LogP contribution is -2.50. The first-order valence-corrected chi connectivity index (χ1v) is 8.58. The molecule has 7 heteroatoms. The third-order valence-corrected chi connectivity index (χ3v) is 4.09. The van der Waals surface area contributed by atoms with Crippen molar-refractivity contribution >= 4 is 17.8 Å². The first-order chi connectivity index (χ1) is 11.8. The van der Waals surface area contributed by atoms with E-state index in [0.29, 0.717) is 13.1 Å². The smallest absolute Gasteiger partial charge is 0.347 e. The van der Waals surface area contributed by atoms with E-state index in [-0.39, 0.29) is 30.1 Å². The fraction of sp³-hybridized carbons (Fsp3) is 0.611. The number of nitrogens with zero attached hydrogens (tertiary/aromatic N) is 2. The normalized spacial score (nSPS) is 20.0. The van der Waals surface area contributed by atoms with E-state index in [0.717, 1.165) is 0 Å². The molecular weight excluding hydrogens is 324 g/mol. The Bertz CT molecular complexity index is 590. The van der Waals surface area contributed by atoms with E-state index in [1.807, 2.05) is 13.8 Å². The van der Waals surface area contributed by atoms with Crippen molar-refractivity contribution in [3.63, 3.8) is 0 Å². The van der Waals surface area contributed by atoms with Crippen LogP contribution in [0.25, 0.3) is 0 Å². The zero-order valence-electron chi connectivity index (χ0n) is 15.9. The molecule has 1 unspecified atom stereocenters. The number of likely N-dealkylation sites (N-methyl/N-ethyl adjacent to an activating group) is 1. The van der Waals surface area contributed by atoms with Crippen LogP contribution in [0.1, 0.15) is 34.1 Å². The average Bonchev–Trinajstić information content (AvgIpc) is 2.86. The number of carbonyl (C=O) groups is 3. The van der Waals surface area contributed by atoms with Crippen LogP contribution in [-0.2, 0) is 23.9 Å². The maximum absolute atomic E-state index is 13.1. The van der Waals surface area contributed by atoms with Crippen molar-refractivity contribution < 1.29 is 23.9 Å². The fourth-order valence-corrected chi connectivity index (χ4v) is 2.75. The lowest BCUT2D eigenvalue weighted by Gasteiger charge is -2.32. The quantitative estimate of drug-likeness (QED) is 0.487. The van der Waals surface area contributed by atoms with E-state index in [4.69, 9.17) is 9.47 Å². The zero-order chi connectivity index (χ0) is 19.2. The second-order valence-corrected chi connectivity index (χ2v) is 5.84. The lowest BCUT2D eigenvalue weighted by atomic mass is 9.87. The summed E-state index contributed by atoms with van der Waals surface area (Å²) >= 11 is 0. The lowest BCUT2D eigenvalue weighted by molar-refractivity contribution is -0.164. The van der Waals surface area contributed by atoms with Crippen LogP contribution in [0.4, 0.5) is 0 Å². The Labute approximate surface area is 149 Å². The average molecular weight is 352 g/mol. The molecule has 0 bridgehead atoms. The number of rotatable bonds is 8. The third-order valence-electron chi connectivity index (χ3n) is 4.09. The zero-order valence-corrected chi connectivity index (χ0v) is 15.9. The van der Waals surface area contributed by atoms with Crippen LogP contribution in [0.3, 0.4) is 0 Å². The predicted octanol–water partition coefficient (Wildman–Crippen LogP) is 1.50. The summed E-state index contributed by atoms with van der Waals surface area (Å²) in [5, 5.41) is 0. The van der Waals surface area contributed by atoms with E-state index < -0.39 is 17.5 Å². The number of hydrogen-bond donors (Lipinski definition) is 0. The molecule has 0 aromatic heterocycles. The minimum atomic E-state index is -1.50. The van der Waals surface area contributed by atoms with Gasteiger partial charge in [0.15, 0.2) is 5.57 Å². The van der Waals surface area contributed by atoms with Gasteiger partial charge in [0.05, 0.1) is 6.61 Å². The number of cyclic esters (lactones) is 1. The van der Waals surface area contributed by atoms with Gasteiger partial charge in [-0.15, -0.1) is 0 Å². The summed E-state index contributed by atoms with van der Waals surface area (Å²) < 4.78 is 10.5. The Balaban J connectivity index is 3.57.